The number of rotatable bonds is 4. The van der Waals surface area contributed by atoms with Crippen molar-refractivity contribution in [2.45, 2.75) is 46.3 Å². The third-order valence-corrected chi connectivity index (χ3v) is 2.85. The molecule has 0 saturated heterocycles. The predicted octanol–water partition coefficient (Wildman–Crippen LogP) is 2.08. The van der Waals surface area contributed by atoms with E-state index in [9.17, 15) is 4.79 Å². The fourth-order valence-electron chi connectivity index (χ4n) is 1.76. The van der Waals surface area contributed by atoms with Crippen molar-refractivity contribution in [1.29, 1.82) is 0 Å². The van der Waals surface area contributed by atoms with Crippen molar-refractivity contribution in [2.75, 3.05) is 0 Å². The van der Waals surface area contributed by atoms with E-state index in [4.69, 9.17) is 4.42 Å². The molecule has 0 aromatic carbocycles. The maximum Gasteiger partial charge on any atom is 0.253 e. The number of hydrogen-bond donors (Lipinski definition) is 1. The van der Waals surface area contributed by atoms with Crippen LogP contribution in [-0.2, 0) is 13.1 Å². The van der Waals surface area contributed by atoms with E-state index in [0.29, 0.717) is 13.1 Å². The summed E-state index contributed by atoms with van der Waals surface area (Å²) < 4.78 is 7.25. The minimum atomic E-state index is -0.0664. The summed E-state index contributed by atoms with van der Waals surface area (Å²) in [4.78, 5) is 15.9. The van der Waals surface area contributed by atoms with E-state index in [-0.39, 0.29) is 11.1 Å². The molecule has 0 fully saturated rings. The summed E-state index contributed by atoms with van der Waals surface area (Å²) in [5, 5.41) is 3.36. The maximum atomic E-state index is 11.8. The highest BCUT2D eigenvalue weighted by Gasteiger charge is 2.10. The van der Waals surface area contributed by atoms with Gasteiger partial charge in [0, 0.05) is 17.3 Å². The second-order valence-corrected chi connectivity index (χ2v) is 5.97. The van der Waals surface area contributed by atoms with Gasteiger partial charge in [0.1, 0.15) is 11.5 Å². The van der Waals surface area contributed by atoms with Crippen LogP contribution in [0.5, 0.6) is 0 Å². The van der Waals surface area contributed by atoms with Crippen LogP contribution in [0.2, 0.25) is 0 Å². The van der Waals surface area contributed by atoms with Crippen LogP contribution in [0.25, 0.3) is 0 Å². The van der Waals surface area contributed by atoms with Crippen molar-refractivity contribution in [1.82, 2.24) is 14.9 Å². The summed E-state index contributed by atoms with van der Waals surface area (Å²) in [5.41, 5.74) is 0.703. The van der Waals surface area contributed by atoms with Gasteiger partial charge in [-0.1, -0.05) is 0 Å². The molecule has 0 atom stereocenters. The number of aromatic nitrogens is 2. The van der Waals surface area contributed by atoms with Gasteiger partial charge in [-0.25, -0.2) is 4.98 Å². The van der Waals surface area contributed by atoms with Crippen molar-refractivity contribution in [2.24, 2.45) is 0 Å². The van der Waals surface area contributed by atoms with Crippen LogP contribution in [0.1, 0.15) is 38.0 Å². The van der Waals surface area contributed by atoms with Gasteiger partial charge in [-0.05, 0) is 39.8 Å². The van der Waals surface area contributed by atoms with Crippen molar-refractivity contribution < 1.29 is 4.42 Å². The Kier molecular flexibility index (Phi) is 4.09. The molecule has 1 N–H and O–H groups in total. The van der Waals surface area contributed by atoms with E-state index >= 15 is 0 Å². The Morgan fingerprint density at radius 3 is 2.65 bits per heavy atom. The van der Waals surface area contributed by atoms with Crippen molar-refractivity contribution >= 4 is 0 Å². The Morgan fingerprint density at radius 2 is 2.00 bits per heavy atom. The van der Waals surface area contributed by atoms with E-state index in [1.54, 1.807) is 13.3 Å². The van der Waals surface area contributed by atoms with Crippen molar-refractivity contribution in [3.8, 4) is 0 Å². The average molecular weight is 275 g/mol. The number of furan rings is 1. The molecule has 0 aliphatic heterocycles. The van der Waals surface area contributed by atoms with Gasteiger partial charge in [-0.15, -0.1) is 0 Å². The van der Waals surface area contributed by atoms with Crippen LogP contribution in [0.15, 0.2) is 33.7 Å². The van der Waals surface area contributed by atoms with Crippen LogP contribution in [0.3, 0.4) is 0 Å². The van der Waals surface area contributed by atoms with Crippen LogP contribution in [-0.4, -0.2) is 15.1 Å². The molecule has 2 aromatic rings. The zero-order valence-corrected chi connectivity index (χ0v) is 12.4. The third-order valence-electron chi connectivity index (χ3n) is 2.85. The van der Waals surface area contributed by atoms with Gasteiger partial charge in [0.2, 0.25) is 0 Å². The lowest BCUT2D eigenvalue weighted by Crippen LogP contribution is -2.34. The van der Waals surface area contributed by atoms with Gasteiger partial charge in [0.25, 0.3) is 5.56 Å². The molecule has 0 unspecified atom stereocenters. The number of aryl methyl sites for hydroxylation is 1. The van der Waals surface area contributed by atoms with Gasteiger partial charge in [-0.3, -0.25) is 9.36 Å². The summed E-state index contributed by atoms with van der Waals surface area (Å²) in [6.07, 6.45) is 1.55. The first-order valence-electron chi connectivity index (χ1n) is 6.69. The summed E-state index contributed by atoms with van der Waals surface area (Å²) in [5.74, 6) is 1.62. The van der Waals surface area contributed by atoms with Gasteiger partial charge in [0.05, 0.1) is 19.4 Å². The summed E-state index contributed by atoms with van der Waals surface area (Å²) in [6, 6.07) is 5.34. The summed E-state index contributed by atoms with van der Waals surface area (Å²) in [6.45, 7) is 9.19. The molecule has 0 saturated carbocycles. The molecule has 0 aliphatic rings. The normalized spacial score (nSPS) is 11.8. The minimum Gasteiger partial charge on any atom is -0.463 e. The number of nitrogens with one attached hydrogen (secondary N) is 1. The Labute approximate surface area is 118 Å². The van der Waals surface area contributed by atoms with Crippen LogP contribution >= 0.6 is 0 Å². The number of nitrogens with zero attached hydrogens (tertiary/aromatic N) is 2. The van der Waals surface area contributed by atoms with E-state index in [2.05, 4.69) is 31.1 Å². The van der Waals surface area contributed by atoms with Gasteiger partial charge in [-0.2, -0.15) is 0 Å². The van der Waals surface area contributed by atoms with E-state index in [1.165, 1.54) is 10.6 Å². The van der Waals surface area contributed by atoms with Crippen LogP contribution in [0, 0.1) is 6.92 Å². The monoisotopic (exact) mass is 275 g/mol. The maximum absolute atomic E-state index is 11.8. The zero-order valence-electron chi connectivity index (χ0n) is 12.4. The molecular weight excluding hydrogens is 254 g/mol. The molecule has 20 heavy (non-hydrogen) atoms. The van der Waals surface area contributed by atoms with E-state index in [1.807, 2.05) is 12.1 Å². The Morgan fingerprint density at radius 1 is 1.30 bits per heavy atom. The molecule has 0 spiro atoms. The summed E-state index contributed by atoms with van der Waals surface area (Å²) >= 11 is 0. The fraction of sp³-hybridized carbons (Fsp3) is 0.467. The largest absolute Gasteiger partial charge is 0.463 e. The smallest absolute Gasteiger partial charge is 0.253 e. The average Bonchev–Trinajstić information content (AvgIpc) is 2.77. The quantitative estimate of drug-likeness (QED) is 0.928. The highest BCUT2D eigenvalue weighted by Crippen LogP contribution is 2.10. The summed E-state index contributed by atoms with van der Waals surface area (Å²) in [7, 11) is 0. The lowest BCUT2D eigenvalue weighted by atomic mass is 10.1. The first-order valence-corrected chi connectivity index (χ1v) is 6.69. The molecule has 2 rings (SSSR count). The standard InChI is InChI=1S/C15H21N3O2/c1-11-7-14(19)18(10-16-11)9-13-6-5-12(20-13)8-17-15(2,3)4/h5-7,10,17H,8-9H2,1-4H3. The molecule has 0 aliphatic carbocycles. The second-order valence-electron chi connectivity index (χ2n) is 5.97. The van der Waals surface area contributed by atoms with Crippen molar-refractivity contribution in [3.63, 3.8) is 0 Å². The topological polar surface area (TPSA) is 60.1 Å². The zero-order chi connectivity index (χ0) is 14.8. The van der Waals surface area contributed by atoms with Gasteiger partial charge < -0.3 is 9.73 Å². The highest BCUT2D eigenvalue weighted by molar-refractivity contribution is 5.08. The molecule has 2 heterocycles. The molecule has 5 heteroatoms. The lowest BCUT2D eigenvalue weighted by Gasteiger charge is -2.19. The fourth-order valence-corrected chi connectivity index (χ4v) is 1.76. The minimum absolute atomic E-state index is 0.0464. The Bertz CT molecular complexity index is 635. The molecule has 0 radical (unpaired) electrons. The molecule has 0 amide bonds. The molecule has 5 nitrogen and oxygen atoms in total. The molecular formula is C15H21N3O2. The lowest BCUT2D eigenvalue weighted by molar-refractivity contribution is 0.375. The van der Waals surface area contributed by atoms with E-state index < -0.39 is 0 Å². The van der Waals surface area contributed by atoms with E-state index in [0.717, 1.165) is 17.2 Å². The molecule has 108 valence electrons. The number of hydrogen-bond acceptors (Lipinski definition) is 4. The van der Waals surface area contributed by atoms with Crippen LogP contribution in [0.4, 0.5) is 0 Å². The highest BCUT2D eigenvalue weighted by atomic mass is 16.3. The Hall–Kier alpha value is -1.88. The van der Waals surface area contributed by atoms with Crippen LogP contribution < -0.4 is 10.9 Å². The first-order chi connectivity index (χ1) is 9.33. The molecule has 0 bridgehead atoms. The Balaban J connectivity index is 2.04. The SMILES string of the molecule is Cc1cc(=O)n(Cc2ccc(CNC(C)(C)C)o2)cn1. The second kappa shape index (κ2) is 5.63. The van der Waals surface area contributed by atoms with Gasteiger partial charge in [0.15, 0.2) is 0 Å². The predicted molar refractivity (Wildman–Crippen MR) is 77.6 cm³/mol. The third kappa shape index (κ3) is 4.06. The first kappa shape index (κ1) is 14.5. The van der Waals surface area contributed by atoms with Gasteiger partial charge >= 0.3 is 0 Å². The molecule has 2 aromatic heterocycles. The van der Waals surface area contributed by atoms with Crippen molar-refractivity contribution in [3.05, 3.63) is 52.1 Å².